The molecule has 1 saturated heterocycles. The van der Waals surface area contributed by atoms with Crippen molar-refractivity contribution in [3.05, 3.63) is 0 Å². The van der Waals surface area contributed by atoms with E-state index in [1.165, 1.54) is 6.92 Å². The van der Waals surface area contributed by atoms with Gasteiger partial charge in [-0.25, -0.2) is 0 Å². The molecule has 1 rings (SSSR count). The van der Waals surface area contributed by atoms with Gasteiger partial charge in [-0.15, -0.1) is 0 Å². The third-order valence-electron chi connectivity index (χ3n) is 2.71. The molecule has 0 aromatic carbocycles. The summed E-state index contributed by atoms with van der Waals surface area (Å²) >= 11 is 0. The number of hydrogen-bond acceptors (Lipinski definition) is 2. The van der Waals surface area contributed by atoms with E-state index in [-0.39, 0.29) is 18.0 Å². The second-order valence-corrected chi connectivity index (χ2v) is 3.52. The molecule has 0 aliphatic carbocycles. The maximum atomic E-state index is 11.1. The minimum atomic E-state index is -0.201. The predicted molar refractivity (Wildman–Crippen MR) is 45.2 cm³/mol. The van der Waals surface area contributed by atoms with Gasteiger partial charge in [0.25, 0.3) is 0 Å². The smallest absolute Gasteiger partial charge is 0.220 e. The molecule has 1 heterocycles. The highest BCUT2D eigenvalue weighted by molar-refractivity contribution is 5.74. The average Bonchev–Trinajstić information content (AvgIpc) is 2.28. The van der Waals surface area contributed by atoms with Crippen LogP contribution in [-0.2, 0) is 4.79 Å². The number of rotatable bonds is 0. The third kappa shape index (κ3) is 1.29. The van der Waals surface area contributed by atoms with Crippen LogP contribution in [0, 0.1) is 17.2 Å². The molecule has 0 aromatic heterocycles. The first-order chi connectivity index (χ1) is 5.57. The van der Waals surface area contributed by atoms with Gasteiger partial charge in [0.1, 0.15) is 6.04 Å². The molecular formula is C9H14N2O. The highest BCUT2D eigenvalue weighted by atomic mass is 16.2. The van der Waals surface area contributed by atoms with Crippen molar-refractivity contribution in [1.29, 1.82) is 5.26 Å². The summed E-state index contributed by atoms with van der Waals surface area (Å²) in [6.07, 6.45) is 0.817. The molecule has 1 unspecified atom stereocenters. The normalized spacial score (nSPS) is 34.8. The molecule has 1 amide bonds. The largest absolute Gasteiger partial charge is 0.324 e. The molecule has 12 heavy (non-hydrogen) atoms. The van der Waals surface area contributed by atoms with E-state index in [9.17, 15) is 4.79 Å². The number of likely N-dealkylation sites (tertiary alicyclic amines) is 1. The van der Waals surface area contributed by atoms with Crippen LogP contribution >= 0.6 is 0 Å². The Morgan fingerprint density at radius 2 is 2.17 bits per heavy atom. The number of carbonyl (C=O) groups is 1. The van der Waals surface area contributed by atoms with Gasteiger partial charge in [0, 0.05) is 13.0 Å². The Bertz CT molecular complexity index is 231. The number of carbonyl (C=O) groups excluding carboxylic acids is 1. The van der Waals surface area contributed by atoms with Crippen molar-refractivity contribution >= 4 is 5.91 Å². The molecule has 0 spiro atoms. The maximum Gasteiger partial charge on any atom is 0.220 e. The zero-order chi connectivity index (χ0) is 9.30. The van der Waals surface area contributed by atoms with Gasteiger partial charge >= 0.3 is 0 Å². The SMILES string of the molecule is CC(=O)N1[C@H](C#N)CC(C)[C@@H]1C. The molecule has 3 nitrogen and oxygen atoms in total. The molecule has 3 atom stereocenters. The van der Waals surface area contributed by atoms with Gasteiger partial charge in [0.05, 0.1) is 6.07 Å². The monoisotopic (exact) mass is 166 g/mol. The first-order valence-electron chi connectivity index (χ1n) is 4.26. The first kappa shape index (κ1) is 9.05. The number of nitrogens with zero attached hydrogens (tertiary/aromatic N) is 2. The summed E-state index contributed by atoms with van der Waals surface area (Å²) in [5.41, 5.74) is 0. The minimum Gasteiger partial charge on any atom is -0.324 e. The van der Waals surface area contributed by atoms with Crippen molar-refractivity contribution in [2.45, 2.75) is 39.3 Å². The molecule has 0 bridgehead atoms. The van der Waals surface area contributed by atoms with Crippen LogP contribution in [0.3, 0.4) is 0 Å². The van der Waals surface area contributed by atoms with E-state index < -0.39 is 0 Å². The van der Waals surface area contributed by atoms with E-state index in [1.807, 2.05) is 6.92 Å². The van der Waals surface area contributed by atoms with Gasteiger partial charge in [-0.3, -0.25) is 4.79 Å². The average molecular weight is 166 g/mol. The molecule has 1 aliphatic rings. The zero-order valence-electron chi connectivity index (χ0n) is 7.74. The Morgan fingerprint density at radius 1 is 1.58 bits per heavy atom. The van der Waals surface area contributed by atoms with Crippen molar-refractivity contribution in [3.63, 3.8) is 0 Å². The summed E-state index contributed by atoms with van der Waals surface area (Å²) in [6.45, 7) is 5.61. The standard InChI is InChI=1S/C9H14N2O/c1-6-4-9(5-10)11(7(6)2)8(3)12/h6-7,9H,4H2,1-3H3/t6?,7-,9-/m0/s1. The molecule has 0 N–H and O–H groups in total. The lowest BCUT2D eigenvalue weighted by molar-refractivity contribution is -0.130. The Balaban J connectivity index is 2.82. The molecule has 3 heteroatoms. The second kappa shape index (κ2) is 3.14. The summed E-state index contributed by atoms with van der Waals surface area (Å²) in [6, 6.07) is 2.17. The second-order valence-electron chi connectivity index (χ2n) is 3.52. The fourth-order valence-electron chi connectivity index (χ4n) is 1.84. The molecule has 0 aromatic rings. The summed E-state index contributed by atoms with van der Waals surface area (Å²) in [5, 5.41) is 8.78. The molecule has 0 saturated carbocycles. The number of amides is 1. The van der Waals surface area contributed by atoms with Crippen molar-refractivity contribution < 1.29 is 4.79 Å². The highest BCUT2D eigenvalue weighted by Gasteiger charge is 2.37. The summed E-state index contributed by atoms with van der Waals surface area (Å²) in [4.78, 5) is 12.8. The summed E-state index contributed by atoms with van der Waals surface area (Å²) < 4.78 is 0. The van der Waals surface area contributed by atoms with Crippen molar-refractivity contribution in [2.75, 3.05) is 0 Å². The van der Waals surface area contributed by atoms with Gasteiger partial charge in [0.15, 0.2) is 0 Å². The minimum absolute atomic E-state index is 0.0124. The van der Waals surface area contributed by atoms with Crippen molar-refractivity contribution in [2.24, 2.45) is 5.92 Å². The number of hydrogen-bond donors (Lipinski definition) is 0. The summed E-state index contributed by atoms with van der Waals surface area (Å²) in [5.74, 6) is 0.456. The topological polar surface area (TPSA) is 44.1 Å². The lowest BCUT2D eigenvalue weighted by atomic mass is 10.0. The lowest BCUT2D eigenvalue weighted by Crippen LogP contribution is -2.38. The Kier molecular flexibility index (Phi) is 2.37. The molecule has 66 valence electrons. The zero-order valence-corrected chi connectivity index (χ0v) is 7.74. The molecule has 0 radical (unpaired) electrons. The quantitative estimate of drug-likeness (QED) is 0.542. The van der Waals surface area contributed by atoms with Crippen LogP contribution < -0.4 is 0 Å². The maximum absolute atomic E-state index is 11.1. The van der Waals surface area contributed by atoms with Gasteiger partial charge in [-0.2, -0.15) is 5.26 Å². The fraction of sp³-hybridized carbons (Fsp3) is 0.778. The van der Waals surface area contributed by atoms with Crippen LogP contribution in [0.25, 0.3) is 0 Å². The van der Waals surface area contributed by atoms with Gasteiger partial charge < -0.3 is 4.90 Å². The third-order valence-corrected chi connectivity index (χ3v) is 2.71. The fourth-order valence-corrected chi connectivity index (χ4v) is 1.84. The van der Waals surface area contributed by atoms with E-state index in [1.54, 1.807) is 4.90 Å². The van der Waals surface area contributed by atoms with E-state index >= 15 is 0 Å². The van der Waals surface area contributed by atoms with Gasteiger partial charge in [0.2, 0.25) is 5.91 Å². The van der Waals surface area contributed by atoms with Crippen LogP contribution in [0.4, 0.5) is 0 Å². The van der Waals surface area contributed by atoms with E-state index in [0.29, 0.717) is 5.92 Å². The van der Waals surface area contributed by atoms with Crippen LogP contribution in [0.5, 0.6) is 0 Å². The first-order valence-corrected chi connectivity index (χ1v) is 4.26. The van der Waals surface area contributed by atoms with E-state index in [4.69, 9.17) is 5.26 Å². The van der Waals surface area contributed by atoms with Gasteiger partial charge in [-0.05, 0) is 19.3 Å². The predicted octanol–water partition coefficient (Wildman–Crippen LogP) is 1.16. The Hall–Kier alpha value is -1.04. The number of nitriles is 1. The van der Waals surface area contributed by atoms with Crippen LogP contribution in [0.15, 0.2) is 0 Å². The molecular weight excluding hydrogens is 152 g/mol. The van der Waals surface area contributed by atoms with Crippen molar-refractivity contribution in [3.8, 4) is 6.07 Å². The van der Waals surface area contributed by atoms with Crippen molar-refractivity contribution in [1.82, 2.24) is 4.90 Å². The van der Waals surface area contributed by atoms with Crippen LogP contribution in [-0.4, -0.2) is 22.9 Å². The van der Waals surface area contributed by atoms with E-state index in [0.717, 1.165) is 6.42 Å². The van der Waals surface area contributed by atoms with Gasteiger partial charge in [-0.1, -0.05) is 6.92 Å². The lowest BCUT2D eigenvalue weighted by Gasteiger charge is -2.23. The molecule has 1 aliphatic heterocycles. The summed E-state index contributed by atoms with van der Waals surface area (Å²) in [7, 11) is 0. The van der Waals surface area contributed by atoms with Crippen LogP contribution in [0.1, 0.15) is 27.2 Å². The Morgan fingerprint density at radius 3 is 2.50 bits per heavy atom. The van der Waals surface area contributed by atoms with Crippen LogP contribution in [0.2, 0.25) is 0 Å². The molecule has 1 fully saturated rings. The Labute approximate surface area is 73.0 Å². The van der Waals surface area contributed by atoms with E-state index in [2.05, 4.69) is 13.0 Å². The highest BCUT2D eigenvalue weighted by Crippen LogP contribution is 2.28.